The van der Waals surface area contributed by atoms with E-state index in [-0.39, 0.29) is 5.82 Å². The van der Waals surface area contributed by atoms with Gasteiger partial charge in [-0.1, -0.05) is 6.07 Å². The van der Waals surface area contributed by atoms with Crippen LogP contribution in [0.15, 0.2) is 18.2 Å². The molecule has 0 aromatic heterocycles. The third-order valence-corrected chi connectivity index (χ3v) is 3.01. The number of nitrogens with zero attached hydrogens (tertiary/aromatic N) is 1. The molecule has 20 heavy (non-hydrogen) atoms. The van der Waals surface area contributed by atoms with Crippen LogP contribution < -0.4 is 10.6 Å². The van der Waals surface area contributed by atoms with Gasteiger partial charge >= 0.3 is 0 Å². The van der Waals surface area contributed by atoms with Crippen LogP contribution in [0.5, 0.6) is 0 Å². The van der Waals surface area contributed by atoms with E-state index >= 15 is 0 Å². The molecule has 0 heterocycles. The average Bonchev–Trinajstić information content (AvgIpc) is 2.46. The van der Waals surface area contributed by atoms with Gasteiger partial charge in [0.2, 0.25) is 0 Å². The van der Waals surface area contributed by atoms with E-state index in [1.165, 1.54) is 6.07 Å². The smallest absolute Gasteiger partial charge is 0.146 e. The molecule has 0 saturated heterocycles. The molecule has 4 nitrogen and oxygen atoms in total. The number of hydrogen-bond donors (Lipinski definition) is 1. The molecule has 0 saturated carbocycles. The molecule has 0 aliphatic carbocycles. The average molecular weight is 284 g/mol. The lowest BCUT2D eigenvalue weighted by molar-refractivity contribution is 0.141. The lowest BCUT2D eigenvalue weighted by Crippen LogP contribution is -2.31. The zero-order valence-electron chi connectivity index (χ0n) is 12.4. The summed E-state index contributed by atoms with van der Waals surface area (Å²) in [6.45, 7) is 7.97. The van der Waals surface area contributed by atoms with Crippen LogP contribution in [0.2, 0.25) is 0 Å². The quantitative estimate of drug-likeness (QED) is 0.669. The molecule has 114 valence electrons. The molecule has 0 aliphatic rings. The Kier molecular flexibility index (Phi) is 8.18. The second-order valence-corrected chi connectivity index (χ2v) is 4.37. The number of anilines is 1. The van der Waals surface area contributed by atoms with Crippen LogP contribution >= 0.6 is 0 Å². The summed E-state index contributed by atoms with van der Waals surface area (Å²) < 4.78 is 24.8. The second-order valence-electron chi connectivity index (χ2n) is 4.37. The SMILES string of the molecule is CCOCCN(CCOCC)c1ccc(CN)cc1F. The molecule has 0 atom stereocenters. The monoisotopic (exact) mass is 284 g/mol. The van der Waals surface area contributed by atoms with Gasteiger partial charge in [0.15, 0.2) is 0 Å². The normalized spacial score (nSPS) is 10.8. The van der Waals surface area contributed by atoms with Crippen LogP contribution in [0.4, 0.5) is 10.1 Å². The van der Waals surface area contributed by atoms with E-state index in [1.54, 1.807) is 6.07 Å². The number of ether oxygens (including phenoxy) is 2. The topological polar surface area (TPSA) is 47.7 Å². The van der Waals surface area contributed by atoms with E-state index in [1.807, 2.05) is 24.8 Å². The molecular formula is C15H25FN2O2. The third-order valence-electron chi connectivity index (χ3n) is 3.01. The van der Waals surface area contributed by atoms with Gasteiger partial charge in [-0.05, 0) is 31.5 Å². The fourth-order valence-electron chi connectivity index (χ4n) is 1.92. The number of rotatable bonds is 10. The molecule has 0 radical (unpaired) electrons. The van der Waals surface area contributed by atoms with E-state index in [4.69, 9.17) is 15.2 Å². The summed E-state index contributed by atoms with van der Waals surface area (Å²) in [4.78, 5) is 1.95. The Morgan fingerprint density at radius 1 is 1.10 bits per heavy atom. The Morgan fingerprint density at radius 2 is 1.70 bits per heavy atom. The molecule has 0 amide bonds. The van der Waals surface area contributed by atoms with Crippen LogP contribution in [0.3, 0.4) is 0 Å². The van der Waals surface area contributed by atoms with Crippen LogP contribution in [0.25, 0.3) is 0 Å². The van der Waals surface area contributed by atoms with Gasteiger partial charge in [-0.15, -0.1) is 0 Å². The van der Waals surface area contributed by atoms with E-state index in [9.17, 15) is 4.39 Å². The molecule has 1 aromatic carbocycles. The highest BCUT2D eigenvalue weighted by molar-refractivity contribution is 5.49. The van der Waals surface area contributed by atoms with Crippen molar-refractivity contribution in [3.8, 4) is 0 Å². The van der Waals surface area contributed by atoms with Gasteiger partial charge in [-0.25, -0.2) is 4.39 Å². The fraction of sp³-hybridized carbons (Fsp3) is 0.600. The minimum Gasteiger partial charge on any atom is -0.380 e. The van der Waals surface area contributed by atoms with Crippen molar-refractivity contribution in [1.82, 2.24) is 0 Å². The predicted molar refractivity (Wildman–Crippen MR) is 79.5 cm³/mol. The van der Waals surface area contributed by atoms with Crippen molar-refractivity contribution in [2.45, 2.75) is 20.4 Å². The highest BCUT2D eigenvalue weighted by Crippen LogP contribution is 2.20. The summed E-state index contributed by atoms with van der Waals surface area (Å²) >= 11 is 0. The Hall–Kier alpha value is -1.17. The van der Waals surface area contributed by atoms with Crippen LogP contribution in [-0.2, 0) is 16.0 Å². The molecular weight excluding hydrogens is 259 g/mol. The van der Waals surface area contributed by atoms with Crippen molar-refractivity contribution in [2.24, 2.45) is 5.73 Å². The third kappa shape index (κ3) is 5.45. The summed E-state index contributed by atoms with van der Waals surface area (Å²) in [6.07, 6.45) is 0. The highest BCUT2D eigenvalue weighted by Gasteiger charge is 2.12. The minimum atomic E-state index is -0.249. The summed E-state index contributed by atoms with van der Waals surface area (Å²) in [5.41, 5.74) is 6.88. The van der Waals surface area contributed by atoms with Gasteiger partial charge in [0.1, 0.15) is 5.82 Å². The maximum atomic E-state index is 14.1. The second kappa shape index (κ2) is 9.69. The molecule has 1 aromatic rings. The van der Waals surface area contributed by atoms with Crippen molar-refractivity contribution < 1.29 is 13.9 Å². The Balaban J connectivity index is 2.73. The van der Waals surface area contributed by atoms with Crippen LogP contribution in [0, 0.1) is 5.82 Å². The van der Waals surface area contributed by atoms with Crippen molar-refractivity contribution in [3.05, 3.63) is 29.6 Å². The maximum Gasteiger partial charge on any atom is 0.146 e. The standard InChI is InChI=1S/C15H25FN2O2/c1-3-19-9-7-18(8-10-20-4-2)15-6-5-13(12-17)11-14(15)16/h5-6,11H,3-4,7-10,12,17H2,1-2H3. The van der Waals surface area contributed by atoms with Crippen LogP contribution in [-0.4, -0.2) is 39.5 Å². The van der Waals surface area contributed by atoms with Crippen molar-refractivity contribution in [3.63, 3.8) is 0 Å². The number of nitrogens with two attached hydrogens (primary N) is 1. The summed E-state index contributed by atoms with van der Waals surface area (Å²) in [6, 6.07) is 5.12. The lowest BCUT2D eigenvalue weighted by atomic mass is 10.2. The molecule has 0 bridgehead atoms. The first kappa shape index (κ1) is 16.9. The van der Waals surface area contributed by atoms with Crippen molar-refractivity contribution in [1.29, 1.82) is 0 Å². The zero-order chi connectivity index (χ0) is 14.8. The molecule has 0 unspecified atom stereocenters. The maximum absolute atomic E-state index is 14.1. The van der Waals surface area contributed by atoms with Crippen LogP contribution in [0.1, 0.15) is 19.4 Å². The van der Waals surface area contributed by atoms with E-state index in [0.29, 0.717) is 51.7 Å². The minimum absolute atomic E-state index is 0.249. The van der Waals surface area contributed by atoms with Gasteiger partial charge in [0.05, 0.1) is 18.9 Å². The van der Waals surface area contributed by atoms with Gasteiger partial charge in [0.25, 0.3) is 0 Å². The molecule has 0 aliphatic heterocycles. The first-order chi connectivity index (χ1) is 9.72. The Labute approximate surface area is 120 Å². The summed E-state index contributed by atoms with van der Waals surface area (Å²) in [7, 11) is 0. The predicted octanol–water partition coefficient (Wildman–Crippen LogP) is 2.16. The largest absolute Gasteiger partial charge is 0.380 e. The van der Waals surface area contributed by atoms with Gasteiger partial charge in [-0.3, -0.25) is 0 Å². The molecule has 2 N–H and O–H groups in total. The van der Waals surface area contributed by atoms with Crippen molar-refractivity contribution >= 4 is 5.69 Å². The number of hydrogen-bond acceptors (Lipinski definition) is 4. The molecule has 0 fully saturated rings. The van der Waals surface area contributed by atoms with Gasteiger partial charge in [0, 0.05) is 32.8 Å². The van der Waals surface area contributed by atoms with E-state index in [2.05, 4.69) is 0 Å². The van der Waals surface area contributed by atoms with Gasteiger partial charge < -0.3 is 20.1 Å². The Bertz CT molecular complexity index is 378. The number of halogens is 1. The lowest BCUT2D eigenvalue weighted by Gasteiger charge is -2.25. The zero-order valence-corrected chi connectivity index (χ0v) is 12.4. The fourth-order valence-corrected chi connectivity index (χ4v) is 1.92. The van der Waals surface area contributed by atoms with E-state index < -0.39 is 0 Å². The molecule has 0 spiro atoms. The number of benzene rings is 1. The summed E-state index contributed by atoms with van der Waals surface area (Å²) in [5.74, 6) is -0.249. The van der Waals surface area contributed by atoms with Gasteiger partial charge in [-0.2, -0.15) is 0 Å². The first-order valence-corrected chi connectivity index (χ1v) is 7.11. The first-order valence-electron chi connectivity index (χ1n) is 7.11. The Morgan fingerprint density at radius 3 is 2.15 bits per heavy atom. The van der Waals surface area contributed by atoms with E-state index in [0.717, 1.165) is 5.56 Å². The highest BCUT2D eigenvalue weighted by atomic mass is 19.1. The van der Waals surface area contributed by atoms with Crippen molar-refractivity contribution in [2.75, 3.05) is 44.4 Å². The summed E-state index contributed by atoms with van der Waals surface area (Å²) in [5, 5.41) is 0. The molecule has 1 rings (SSSR count). The molecule has 5 heteroatoms.